The lowest BCUT2D eigenvalue weighted by Gasteiger charge is -2.19. The molecule has 1 saturated heterocycles. The van der Waals surface area contributed by atoms with Crippen LogP contribution in [-0.2, 0) is 4.74 Å². The molecule has 13 heavy (non-hydrogen) atoms. The van der Waals surface area contributed by atoms with Crippen LogP contribution in [0.2, 0.25) is 0 Å². The largest absolute Gasteiger partial charge is 0.393 e. The second-order valence-corrected chi connectivity index (χ2v) is 3.51. The summed E-state index contributed by atoms with van der Waals surface area (Å²) in [7, 11) is 0. The van der Waals surface area contributed by atoms with Crippen LogP contribution >= 0.6 is 0 Å². The van der Waals surface area contributed by atoms with Gasteiger partial charge in [-0.2, -0.15) is 0 Å². The molecular weight excluding hydrogens is 172 g/mol. The summed E-state index contributed by atoms with van der Waals surface area (Å²) in [5.74, 6) is 0. The summed E-state index contributed by atoms with van der Waals surface area (Å²) in [6, 6.07) is 0. The summed E-state index contributed by atoms with van der Waals surface area (Å²) < 4.78 is 5.06. The van der Waals surface area contributed by atoms with Crippen molar-refractivity contribution in [2.75, 3.05) is 6.61 Å². The third-order valence-electron chi connectivity index (χ3n) is 2.12. The van der Waals surface area contributed by atoms with Crippen molar-refractivity contribution in [3.63, 3.8) is 0 Å². The van der Waals surface area contributed by atoms with E-state index in [2.05, 4.69) is 0 Å². The summed E-state index contributed by atoms with van der Waals surface area (Å²) in [6.07, 6.45) is 1.81. The Kier molecular flexibility index (Phi) is 3.08. The molecule has 0 saturated carbocycles. The molecule has 0 amide bonds. The van der Waals surface area contributed by atoms with Gasteiger partial charge in [0.2, 0.25) is 0 Å². The number of hydrogen-bond donors (Lipinski definition) is 3. The first kappa shape index (κ1) is 10.7. The third kappa shape index (κ3) is 2.51. The summed E-state index contributed by atoms with van der Waals surface area (Å²) in [4.78, 5) is 0. The van der Waals surface area contributed by atoms with E-state index >= 15 is 0 Å². The Bertz CT molecular complexity index is 202. The molecule has 4 nitrogen and oxygen atoms in total. The zero-order valence-electron chi connectivity index (χ0n) is 7.84. The first-order chi connectivity index (χ1) is 5.99. The number of epoxide rings is 1. The minimum Gasteiger partial charge on any atom is -0.393 e. The lowest BCUT2D eigenvalue weighted by molar-refractivity contribution is 0.00367. The number of aliphatic hydroxyl groups excluding tert-OH is 2. The Balaban J connectivity index is 2.59. The van der Waals surface area contributed by atoms with Crippen LogP contribution in [0.15, 0.2) is 12.2 Å². The van der Waals surface area contributed by atoms with Gasteiger partial charge in [0, 0.05) is 0 Å². The van der Waals surface area contributed by atoms with Gasteiger partial charge in [0.1, 0.15) is 11.7 Å². The second-order valence-electron chi connectivity index (χ2n) is 3.51. The van der Waals surface area contributed by atoms with Gasteiger partial charge in [0.25, 0.3) is 0 Å². The van der Waals surface area contributed by atoms with E-state index in [0.717, 1.165) is 0 Å². The average Bonchev–Trinajstić information content (AvgIpc) is 2.79. The fourth-order valence-corrected chi connectivity index (χ4v) is 1.25. The number of ether oxygens (including phenoxy) is 1. The number of hydrogen-bond acceptors (Lipinski definition) is 4. The van der Waals surface area contributed by atoms with Crippen LogP contribution in [0.1, 0.15) is 13.8 Å². The molecule has 1 rings (SSSR count). The molecule has 0 radical (unpaired) electrons. The molecule has 4 atom stereocenters. The van der Waals surface area contributed by atoms with Gasteiger partial charge in [-0.25, -0.2) is 0 Å². The van der Waals surface area contributed by atoms with Crippen molar-refractivity contribution in [2.45, 2.75) is 37.8 Å². The van der Waals surface area contributed by atoms with Crippen LogP contribution in [0.5, 0.6) is 0 Å². The fraction of sp³-hybridized carbons (Fsp3) is 0.778. The maximum Gasteiger partial charge on any atom is 0.134 e. The van der Waals surface area contributed by atoms with Crippen LogP contribution in [0, 0.1) is 0 Å². The Morgan fingerprint density at radius 1 is 1.62 bits per heavy atom. The molecule has 1 aliphatic rings. The monoisotopic (exact) mass is 188 g/mol. The van der Waals surface area contributed by atoms with E-state index in [9.17, 15) is 5.11 Å². The molecule has 4 heteroatoms. The minimum absolute atomic E-state index is 0.0317. The molecule has 0 aromatic rings. The molecule has 3 N–H and O–H groups in total. The minimum atomic E-state index is -1.35. The quantitative estimate of drug-likeness (QED) is 0.408. The van der Waals surface area contributed by atoms with Gasteiger partial charge in [0.15, 0.2) is 0 Å². The molecule has 76 valence electrons. The molecule has 0 aromatic heterocycles. The molecular formula is C9H16O4. The smallest absolute Gasteiger partial charge is 0.134 e. The lowest BCUT2D eigenvalue weighted by atomic mass is 9.98. The maximum atomic E-state index is 9.81. The highest BCUT2D eigenvalue weighted by Gasteiger charge is 2.49. The SMILES string of the molecule is C[C@H](O)C=C[C@@](O)(CO)[C@@H]1O[C@@H]1C. The van der Waals surface area contributed by atoms with E-state index in [1.54, 1.807) is 6.92 Å². The Morgan fingerprint density at radius 3 is 2.46 bits per heavy atom. The summed E-state index contributed by atoms with van der Waals surface area (Å²) >= 11 is 0. The number of aliphatic hydroxyl groups is 3. The normalized spacial score (nSPS) is 34.5. The molecule has 0 spiro atoms. The zero-order valence-corrected chi connectivity index (χ0v) is 7.84. The van der Waals surface area contributed by atoms with Crippen LogP contribution in [0.4, 0.5) is 0 Å². The molecule has 0 aliphatic carbocycles. The predicted molar refractivity (Wildman–Crippen MR) is 47.2 cm³/mol. The number of rotatable bonds is 4. The van der Waals surface area contributed by atoms with Gasteiger partial charge in [-0.05, 0) is 19.9 Å². The zero-order chi connectivity index (χ0) is 10.1. The van der Waals surface area contributed by atoms with Crippen molar-refractivity contribution in [3.05, 3.63) is 12.2 Å². The first-order valence-corrected chi connectivity index (χ1v) is 4.36. The molecule has 1 aliphatic heterocycles. The second kappa shape index (κ2) is 3.75. The predicted octanol–water partition coefficient (Wildman–Crippen LogP) is -0.566. The van der Waals surface area contributed by atoms with E-state index in [1.165, 1.54) is 12.2 Å². The summed E-state index contributed by atoms with van der Waals surface area (Å²) in [5.41, 5.74) is -1.35. The fourth-order valence-electron chi connectivity index (χ4n) is 1.25. The van der Waals surface area contributed by atoms with Crippen LogP contribution in [-0.4, -0.2) is 45.8 Å². The van der Waals surface area contributed by atoms with Crippen LogP contribution in [0.3, 0.4) is 0 Å². The van der Waals surface area contributed by atoms with Gasteiger partial charge in [0.05, 0.1) is 18.8 Å². The molecule has 0 unspecified atom stereocenters. The van der Waals surface area contributed by atoms with Gasteiger partial charge < -0.3 is 20.1 Å². The average molecular weight is 188 g/mol. The molecule has 0 aromatic carbocycles. The van der Waals surface area contributed by atoms with Crippen molar-refractivity contribution in [3.8, 4) is 0 Å². The highest BCUT2D eigenvalue weighted by molar-refractivity contribution is 5.12. The van der Waals surface area contributed by atoms with Crippen molar-refractivity contribution in [1.82, 2.24) is 0 Å². The molecule has 1 heterocycles. The highest BCUT2D eigenvalue weighted by atomic mass is 16.6. The van der Waals surface area contributed by atoms with Crippen LogP contribution < -0.4 is 0 Å². The van der Waals surface area contributed by atoms with Gasteiger partial charge in [-0.1, -0.05) is 6.08 Å². The highest BCUT2D eigenvalue weighted by Crippen LogP contribution is 2.32. The third-order valence-corrected chi connectivity index (χ3v) is 2.12. The molecule has 0 bridgehead atoms. The lowest BCUT2D eigenvalue weighted by Crippen LogP contribution is -2.38. The van der Waals surface area contributed by atoms with Gasteiger partial charge >= 0.3 is 0 Å². The van der Waals surface area contributed by atoms with Gasteiger partial charge in [-0.3, -0.25) is 0 Å². The van der Waals surface area contributed by atoms with Crippen molar-refractivity contribution in [2.24, 2.45) is 0 Å². The van der Waals surface area contributed by atoms with Crippen molar-refractivity contribution in [1.29, 1.82) is 0 Å². The molecule has 1 fully saturated rings. The van der Waals surface area contributed by atoms with E-state index in [4.69, 9.17) is 14.9 Å². The van der Waals surface area contributed by atoms with E-state index in [0.29, 0.717) is 0 Å². The topological polar surface area (TPSA) is 73.2 Å². The standard InChI is InChI=1S/C9H16O4/c1-6(11)3-4-9(12,5-10)8-7(2)13-8/h3-4,6-8,10-12H,5H2,1-2H3/t6-,7+,8+,9+/m0/s1. The maximum absolute atomic E-state index is 9.81. The summed E-state index contributed by atoms with van der Waals surface area (Å²) in [6.45, 7) is 3.00. The van der Waals surface area contributed by atoms with Crippen LogP contribution in [0.25, 0.3) is 0 Å². The van der Waals surface area contributed by atoms with E-state index in [-0.39, 0.29) is 12.2 Å². The van der Waals surface area contributed by atoms with Crippen molar-refractivity contribution >= 4 is 0 Å². The Labute approximate surface area is 77.5 Å². The van der Waals surface area contributed by atoms with Crippen molar-refractivity contribution < 1.29 is 20.1 Å². The Hall–Kier alpha value is -0.420. The summed E-state index contributed by atoms with van der Waals surface area (Å²) in [5, 5.41) is 27.7. The first-order valence-electron chi connectivity index (χ1n) is 4.36. The van der Waals surface area contributed by atoms with Gasteiger partial charge in [-0.15, -0.1) is 0 Å². The van der Waals surface area contributed by atoms with E-state index < -0.39 is 18.3 Å². The Morgan fingerprint density at radius 2 is 2.15 bits per heavy atom. The van der Waals surface area contributed by atoms with E-state index in [1.807, 2.05) is 6.92 Å².